The summed E-state index contributed by atoms with van der Waals surface area (Å²) in [4.78, 5) is 4.13. The molecular weight excluding hydrogens is 245 g/mol. The van der Waals surface area contributed by atoms with Gasteiger partial charge in [-0.3, -0.25) is 4.99 Å². The maximum atomic E-state index is 13.4. The fraction of sp³-hybridized carbons (Fsp3) is 0.133. The third-order valence-corrected chi connectivity index (χ3v) is 2.76. The van der Waals surface area contributed by atoms with Crippen LogP contribution in [0.2, 0.25) is 0 Å². The van der Waals surface area contributed by atoms with Gasteiger partial charge in [-0.05, 0) is 36.8 Å². The zero-order valence-electron chi connectivity index (χ0n) is 10.7. The Bertz CT molecular complexity index is 624. The predicted octanol–water partition coefficient (Wildman–Crippen LogP) is 3.60. The summed E-state index contributed by atoms with van der Waals surface area (Å²) in [5, 5.41) is 9.88. The van der Waals surface area contributed by atoms with E-state index in [9.17, 15) is 9.50 Å². The van der Waals surface area contributed by atoms with E-state index in [4.69, 9.17) is 4.74 Å². The Labute approximate surface area is 111 Å². The smallest absolute Gasteiger partial charge is 0.166 e. The number of nitrogens with zero attached hydrogens (tertiary/aromatic N) is 1. The predicted molar refractivity (Wildman–Crippen MR) is 73.0 cm³/mol. The fourth-order valence-corrected chi connectivity index (χ4v) is 1.61. The molecule has 0 saturated carbocycles. The van der Waals surface area contributed by atoms with E-state index in [0.29, 0.717) is 22.6 Å². The van der Waals surface area contributed by atoms with Crippen molar-refractivity contribution in [3.05, 3.63) is 53.3 Å². The van der Waals surface area contributed by atoms with Gasteiger partial charge in [0.2, 0.25) is 0 Å². The van der Waals surface area contributed by atoms with Crippen LogP contribution in [-0.2, 0) is 0 Å². The zero-order chi connectivity index (χ0) is 13.8. The minimum absolute atomic E-state index is 0.0151. The second-order valence-electron chi connectivity index (χ2n) is 4.09. The van der Waals surface area contributed by atoms with Crippen molar-refractivity contribution < 1.29 is 14.2 Å². The van der Waals surface area contributed by atoms with E-state index < -0.39 is 0 Å². The first-order valence-corrected chi connectivity index (χ1v) is 5.78. The molecule has 0 amide bonds. The van der Waals surface area contributed by atoms with Gasteiger partial charge in [0.15, 0.2) is 11.5 Å². The lowest BCUT2D eigenvalue weighted by atomic mass is 10.2. The van der Waals surface area contributed by atoms with Gasteiger partial charge >= 0.3 is 0 Å². The van der Waals surface area contributed by atoms with Gasteiger partial charge in [0.25, 0.3) is 0 Å². The molecule has 0 heterocycles. The van der Waals surface area contributed by atoms with E-state index in [0.717, 1.165) is 0 Å². The molecule has 2 aromatic carbocycles. The van der Waals surface area contributed by atoms with Gasteiger partial charge in [0, 0.05) is 11.8 Å². The molecule has 0 radical (unpaired) electrons. The number of ether oxygens (including phenoxy) is 1. The number of aromatic hydroxyl groups is 1. The highest BCUT2D eigenvalue weighted by molar-refractivity contribution is 5.86. The van der Waals surface area contributed by atoms with Crippen molar-refractivity contribution in [1.82, 2.24) is 0 Å². The standard InChI is InChI=1S/C15H14FNO2/c1-10-6-7-12(8-13(10)16)17-9-11-4-3-5-14(19-2)15(11)18/h3-9,18H,1-2H3. The lowest BCUT2D eigenvalue weighted by molar-refractivity contribution is 0.373. The number of rotatable bonds is 3. The third-order valence-electron chi connectivity index (χ3n) is 2.76. The van der Waals surface area contributed by atoms with Gasteiger partial charge < -0.3 is 9.84 Å². The molecule has 0 atom stereocenters. The maximum absolute atomic E-state index is 13.4. The van der Waals surface area contributed by atoms with Gasteiger partial charge in [-0.1, -0.05) is 12.1 Å². The first kappa shape index (κ1) is 13.1. The molecule has 0 fully saturated rings. The quantitative estimate of drug-likeness (QED) is 0.856. The first-order chi connectivity index (χ1) is 9.11. The van der Waals surface area contributed by atoms with Crippen LogP contribution in [0.15, 0.2) is 41.4 Å². The van der Waals surface area contributed by atoms with E-state index in [-0.39, 0.29) is 11.6 Å². The molecule has 98 valence electrons. The van der Waals surface area contributed by atoms with E-state index >= 15 is 0 Å². The third kappa shape index (κ3) is 2.91. The Balaban J connectivity index is 2.30. The fourth-order valence-electron chi connectivity index (χ4n) is 1.61. The molecule has 4 heteroatoms. The summed E-state index contributed by atoms with van der Waals surface area (Å²) in [6, 6.07) is 9.82. The summed E-state index contributed by atoms with van der Waals surface area (Å²) >= 11 is 0. The molecule has 0 bridgehead atoms. The molecule has 0 aliphatic rings. The lowest BCUT2D eigenvalue weighted by Gasteiger charge is -2.04. The highest BCUT2D eigenvalue weighted by Gasteiger charge is 2.05. The number of para-hydroxylation sites is 1. The van der Waals surface area contributed by atoms with E-state index in [1.54, 1.807) is 37.3 Å². The van der Waals surface area contributed by atoms with Crippen molar-refractivity contribution in [2.45, 2.75) is 6.92 Å². The van der Waals surface area contributed by atoms with Gasteiger partial charge in [-0.2, -0.15) is 0 Å². The normalized spacial score (nSPS) is 10.9. The van der Waals surface area contributed by atoms with Gasteiger partial charge in [0.1, 0.15) is 5.82 Å². The molecule has 0 unspecified atom stereocenters. The molecule has 2 aromatic rings. The van der Waals surface area contributed by atoms with Crippen LogP contribution >= 0.6 is 0 Å². The summed E-state index contributed by atoms with van der Waals surface area (Å²) < 4.78 is 18.4. The van der Waals surface area contributed by atoms with Crippen LogP contribution < -0.4 is 4.74 Å². The van der Waals surface area contributed by atoms with Crippen LogP contribution in [0.4, 0.5) is 10.1 Å². The van der Waals surface area contributed by atoms with Crippen LogP contribution in [0, 0.1) is 12.7 Å². The SMILES string of the molecule is COc1cccc(C=Nc2ccc(C)c(F)c2)c1O. The van der Waals surface area contributed by atoms with Gasteiger partial charge in [-0.25, -0.2) is 4.39 Å². The first-order valence-electron chi connectivity index (χ1n) is 5.78. The number of halogens is 1. The summed E-state index contributed by atoms with van der Waals surface area (Å²) in [7, 11) is 1.48. The molecule has 19 heavy (non-hydrogen) atoms. The number of methoxy groups -OCH3 is 1. The Morgan fingerprint density at radius 3 is 2.74 bits per heavy atom. The number of aryl methyl sites for hydroxylation is 1. The number of hydrogen-bond acceptors (Lipinski definition) is 3. The van der Waals surface area contributed by atoms with Crippen LogP contribution in [0.25, 0.3) is 0 Å². The molecule has 1 N–H and O–H groups in total. The summed E-state index contributed by atoms with van der Waals surface area (Å²) in [5.41, 5.74) is 1.58. The average molecular weight is 259 g/mol. The minimum Gasteiger partial charge on any atom is -0.504 e. The molecule has 3 nitrogen and oxygen atoms in total. The number of benzene rings is 2. The van der Waals surface area contributed by atoms with Crippen LogP contribution in [0.3, 0.4) is 0 Å². The Kier molecular flexibility index (Phi) is 3.80. The van der Waals surface area contributed by atoms with Crippen molar-refractivity contribution in [2.24, 2.45) is 4.99 Å². The molecule has 0 saturated heterocycles. The maximum Gasteiger partial charge on any atom is 0.166 e. The summed E-state index contributed by atoms with van der Waals surface area (Å²) in [6.45, 7) is 1.69. The Morgan fingerprint density at radius 2 is 2.05 bits per heavy atom. The van der Waals surface area contributed by atoms with Crippen LogP contribution in [0.5, 0.6) is 11.5 Å². The Morgan fingerprint density at radius 1 is 1.26 bits per heavy atom. The molecule has 2 rings (SSSR count). The highest BCUT2D eigenvalue weighted by Crippen LogP contribution is 2.28. The van der Waals surface area contributed by atoms with Crippen molar-refractivity contribution in [3.8, 4) is 11.5 Å². The Hall–Kier alpha value is -2.36. The number of hydrogen-bond donors (Lipinski definition) is 1. The van der Waals surface area contributed by atoms with Gasteiger partial charge in [-0.15, -0.1) is 0 Å². The number of aliphatic imine (C=N–C) groups is 1. The molecular formula is C15H14FNO2. The average Bonchev–Trinajstić information content (AvgIpc) is 2.41. The lowest BCUT2D eigenvalue weighted by Crippen LogP contribution is -1.88. The van der Waals surface area contributed by atoms with Gasteiger partial charge in [0.05, 0.1) is 12.8 Å². The van der Waals surface area contributed by atoms with Crippen molar-refractivity contribution >= 4 is 11.9 Å². The van der Waals surface area contributed by atoms with Crippen LogP contribution in [0.1, 0.15) is 11.1 Å². The highest BCUT2D eigenvalue weighted by atomic mass is 19.1. The second kappa shape index (κ2) is 5.52. The molecule has 0 aliphatic carbocycles. The number of phenols is 1. The van der Waals surface area contributed by atoms with E-state index in [1.165, 1.54) is 19.4 Å². The zero-order valence-corrected chi connectivity index (χ0v) is 10.7. The second-order valence-corrected chi connectivity index (χ2v) is 4.09. The number of phenolic OH excluding ortho intramolecular Hbond substituents is 1. The topological polar surface area (TPSA) is 41.8 Å². The van der Waals surface area contributed by atoms with Crippen molar-refractivity contribution in [2.75, 3.05) is 7.11 Å². The van der Waals surface area contributed by atoms with Crippen molar-refractivity contribution in [1.29, 1.82) is 0 Å². The molecule has 0 aliphatic heterocycles. The molecule has 0 aromatic heterocycles. The summed E-state index contributed by atoms with van der Waals surface area (Å²) in [6.07, 6.45) is 1.47. The van der Waals surface area contributed by atoms with Crippen molar-refractivity contribution in [3.63, 3.8) is 0 Å². The molecule has 0 spiro atoms. The summed E-state index contributed by atoms with van der Waals surface area (Å²) in [5.74, 6) is 0.0879. The monoisotopic (exact) mass is 259 g/mol. The minimum atomic E-state index is -0.301. The van der Waals surface area contributed by atoms with E-state index in [2.05, 4.69) is 4.99 Å². The largest absolute Gasteiger partial charge is 0.504 e. The van der Waals surface area contributed by atoms with Crippen LogP contribution in [-0.4, -0.2) is 18.4 Å². The van der Waals surface area contributed by atoms with E-state index in [1.807, 2.05) is 0 Å².